The van der Waals surface area contributed by atoms with Crippen LogP contribution in [0.3, 0.4) is 0 Å². The molecule has 9 heteroatoms. The van der Waals surface area contributed by atoms with Crippen LogP contribution in [0.5, 0.6) is 0 Å². The number of ether oxygens (including phenoxy) is 1. The van der Waals surface area contributed by atoms with Crippen molar-refractivity contribution >= 4 is 22.5 Å². The first-order chi connectivity index (χ1) is 15.3. The van der Waals surface area contributed by atoms with Crippen LogP contribution in [-0.4, -0.2) is 67.7 Å². The summed E-state index contributed by atoms with van der Waals surface area (Å²) in [6.07, 6.45) is -4.30. The van der Waals surface area contributed by atoms with Gasteiger partial charge in [0.1, 0.15) is 30.2 Å². The zero-order valence-electron chi connectivity index (χ0n) is 17.1. The number of halogens is 2. The van der Waals surface area contributed by atoms with Crippen LogP contribution < -0.4 is 0 Å². The molecule has 0 radical (unpaired) electrons. The zero-order chi connectivity index (χ0) is 23.0. The van der Waals surface area contributed by atoms with Crippen molar-refractivity contribution in [2.45, 2.75) is 43.5 Å². The Kier molecular flexibility index (Phi) is 6.83. The maximum atomic E-state index is 15.0. The highest BCUT2D eigenvalue weighted by atomic mass is 35.5. The molecule has 5 atom stereocenters. The Morgan fingerprint density at radius 2 is 1.66 bits per heavy atom. The van der Waals surface area contributed by atoms with E-state index in [1.807, 2.05) is 24.3 Å². The van der Waals surface area contributed by atoms with Gasteiger partial charge in [0, 0.05) is 23.2 Å². The Bertz CT molecular complexity index is 1090. The largest absolute Gasteiger partial charge is 0.396 e. The number of fused-ring (bicyclic) bond motifs is 1. The summed E-state index contributed by atoms with van der Waals surface area (Å²) >= 11 is 6.09. The average molecular weight is 466 g/mol. The van der Waals surface area contributed by atoms with Gasteiger partial charge in [0.05, 0.1) is 12.1 Å². The summed E-state index contributed by atoms with van der Waals surface area (Å²) in [6.45, 7) is -0.513. The van der Waals surface area contributed by atoms with Crippen molar-refractivity contribution in [1.29, 1.82) is 0 Å². The van der Waals surface area contributed by atoms with Crippen molar-refractivity contribution < 1.29 is 34.7 Å². The highest BCUT2D eigenvalue weighted by Gasteiger charge is 2.44. The molecular formula is C23H25ClFNO6. The predicted molar refractivity (Wildman–Crippen MR) is 116 cm³/mol. The first-order valence-corrected chi connectivity index (χ1v) is 10.7. The average Bonchev–Trinajstić information content (AvgIpc) is 3.12. The third-order valence-electron chi connectivity index (χ3n) is 5.89. The first kappa shape index (κ1) is 23.1. The Morgan fingerprint density at radius 1 is 0.969 bits per heavy atom. The molecule has 7 nitrogen and oxygen atoms in total. The van der Waals surface area contributed by atoms with Gasteiger partial charge in [-0.05, 0) is 41.7 Å². The summed E-state index contributed by atoms with van der Waals surface area (Å²) in [7, 11) is 0. The van der Waals surface area contributed by atoms with E-state index in [4.69, 9.17) is 21.4 Å². The van der Waals surface area contributed by atoms with Gasteiger partial charge < -0.3 is 34.8 Å². The van der Waals surface area contributed by atoms with E-state index in [9.17, 15) is 24.8 Å². The van der Waals surface area contributed by atoms with Gasteiger partial charge in [-0.15, -0.1) is 0 Å². The van der Waals surface area contributed by atoms with Crippen LogP contribution in [0.2, 0.25) is 5.02 Å². The van der Waals surface area contributed by atoms with E-state index in [0.717, 1.165) is 11.1 Å². The summed E-state index contributed by atoms with van der Waals surface area (Å²) < 4.78 is 22.1. The quantitative estimate of drug-likeness (QED) is 0.377. The third-order valence-corrected chi connectivity index (χ3v) is 6.11. The Balaban J connectivity index is 1.77. The molecule has 1 saturated heterocycles. The van der Waals surface area contributed by atoms with E-state index in [1.54, 1.807) is 6.20 Å². The lowest BCUT2D eigenvalue weighted by atomic mass is 9.98. The van der Waals surface area contributed by atoms with Crippen LogP contribution in [0.25, 0.3) is 10.9 Å². The fourth-order valence-electron chi connectivity index (χ4n) is 4.21. The van der Waals surface area contributed by atoms with E-state index in [2.05, 4.69) is 0 Å². The first-order valence-electron chi connectivity index (χ1n) is 10.3. The van der Waals surface area contributed by atoms with Gasteiger partial charge in [-0.2, -0.15) is 0 Å². The van der Waals surface area contributed by atoms with E-state index < -0.39 is 43.1 Å². The standard InChI is InChI=1S/C23H25ClFNO6/c24-15-8-16(25)19-14(7-13-3-1-12(2-4-13)5-6-27)10-26(17(19)9-15)23-22(31)21(30)20(29)18(11-28)32-23/h1-4,8-10,18,20-23,27-31H,5-7,11H2/t18-,20-,21+,22-,23-/m1/s1. The van der Waals surface area contributed by atoms with E-state index in [0.29, 0.717) is 29.3 Å². The molecule has 0 spiro atoms. The molecule has 1 aliphatic rings. The lowest BCUT2D eigenvalue weighted by molar-refractivity contribution is -0.250. The van der Waals surface area contributed by atoms with E-state index in [1.165, 1.54) is 16.7 Å². The normalized spacial score (nSPS) is 26.0. The van der Waals surface area contributed by atoms with Crippen LogP contribution in [0.4, 0.5) is 4.39 Å². The number of hydrogen-bond acceptors (Lipinski definition) is 6. The summed E-state index contributed by atoms with van der Waals surface area (Å²) in [5, 5.41) is 49.9. The highest BCUT2D eigenvalue weighted by Crippen LogP contribution is 2.36. The molecule has 2 aromatic carbocycles. The number of hydrogen-bond donors (Lipinski definition) is 5. The molecule has 0 aliphatic carbocycles. The molecule has 0 bridgehead atoms. The predicted octanol–water partition coefficient (Wildman–Crippen LogP) is 1.53. The van der Waals surface area contributed by atoms with Gasteiger partial charge >= 0.3 is 0 Å². The lowest BCUT2D eigenvalue weighted by Gasteiger charge is -2.40. The molecule has 0 amide bonds. The van der Waals surface area contributed by atoms with Crippen LogP contribution >= 0.6 is 11.6 Å². The van der Waals surface area contributed by atoms with Crippen molar-refractivity contribution in [3.8, 4) is 0 Å². The minimum absolute atomic E-state index is 0.0535. The van der Waals surface area contributed by atoms with Crippen molar-refractivity contribution in [2.75, 3.05) is 13.2 Å². The van der Waals surface area contributed by atoms with Gasteiger partial charge in [-0.25, -0.2) is 4.39 Å². The van der Waals surface area contributed by atoms with Crippen molar-refractivity contribution in [1.82, 2.24) is 4.57 Å². The molecule has 1 aromatic heterocycles. The van der Waals surface area contributed by atoms with Crippen LogP contribution in [-0.2, 0) is 17.6 Å². The number of aromatic nitrogens is 1. The molecule has 172 valence electrons. The van der Waals surface area contributed by atoms with Crippen LogP contribution in [0.15, 0.2) is 42.6 Å². The number of rotatable bonds is 6. The molecule has 2 heterocycles. The molecule has 3 aromatic rings. The topological polar surface area (TPSA) is 115 Å². The summed E-state index contributed by atoms with van der Waals surface area (Å²) in [4.78, 5) is 0. The molecule has 0 unspecified atom stereocenters. The fourth-order valence-corrected chi connectivity index (χ4v) is 4.41. The van der Waals surface area contributed by atoms with Gasteiger partial charge in [-0.1, -0.05) is 35.9 Å². The monoisotopic (exact) mass is 465 g/mol. The maximum absolute atomic E-state index is 15.0. The number of benzene rings is 2. The third kappa shape index (κ3) is 4.27. The summed E-state index contributed by atoms with van der Waals surface area (Å²) in [5.74, 6) is -0.539. The van der Waals surface area contributed by atoms with Crippen molar-refractivity contribution in [3.63, 3.8) is 0 Å². The van der Waals surface area contributed by atoms with Gasteiger partial charge in [0.2, 0.25) is 0 Å². The highest BCUT2D eigenvalue weighted by molar-refractivity contribution is 6.31. The Morgan fingerprint density at radius 3 is 2.31 bits per heavy atom. The van der Waals surface area contributed by atoms with Gasteiger partial charge in [-0.3, -0.25) is 0 Å². The number of nitrogens with zero attached hydrogens (tertiary/aromatic N) is 1. The van der Waals surface area contributed by atoms with Crippen molar-refractivity contribution in [3.05, 3.63) is 70.1 Å². The van der Waals surface area contributed by atoms with Gasteiger partial charge in [0.25, 0.3) is 0 Å². The molecule has 1 fully saturated rings. The molecule has 1 aliphatic heterocycles. The minimum atomic E-state index is -1.56. The summed E-state index contributed by atoms with van der Waals surface area (Å²) in [6, 6.07) is 10.3. The van der Waals surface area contributed by atoms with Crippen LogP contribution in [0.1, 0.15) is 22.9 Å². The fraction of sp³-hybridized carbons (Fsp3) is 0.391. The number of aliphatic hydroxyl groups is 5. The van der Waals surface area contributed by atoms with Crippen molar-refractivity contribution in [2.24, 2.45) is 0 Å². The minimum Gasteiger partial charge on any atom is -0.396 e. The summed E-state index contributed by atoms with van der Waals surface area (Å²) in [5.41, 5.74) is 2.86. The van der Waals surface area contributed by atoms with Crippen LogP contribution in [0, 0.1) is 5.82 Å². The lowest BCUT2D eigenvalue weighted by Crippen LogP contribution is -2.56. The van der Waals surface area contributed by atoms with Gasteiger partial charge in [0.15, 0.2) is 6.23 Å². The Labute approximate surface area is 188 Å². The second-order valence-corrected chi connectivity index (χ2v) is 8.47. The molecule has 32 heavy (non-hydrogen) atoms. The zero-order valence-corrected chi connectivity index (χ0v) is 17.9. The smallest absolute Gasteiger partial charge is 0.163 e. The maximum Gasteiger partial charge on any atom is 0.163 e. The second kappa shape index (κ2) is 9.44. The second-order valence-electron chi connectivity index (χ2n) is 8.03. The molecule has 5 N–H and O–H groups in total. The number of aliphatic hydroxyl groups excluding tert-OH is 5. The van der Waals surface area contributed by atoms with E-state index in [-0.39, 0.29) is 11.6 Å². The Hall–Kier alpha value is -2.04. The molecule has 0 saturated carbocycles. The van der Waals surface area contributed by atoms with E-state index >= 15 is 0 Å². The molecule has 4 rings (SSSR count). The molecular weight excluding hydrogens is 441 g/mol. The SMILES string of the molecule is OCCc1ccc(Cc2cn([C@@H]3O[C@H](CO)[C@@H](O)[C@H](O)[C@H]3O)c3cc(Cl)cc(F)c23)cc1.